The summed E-state index contributed by atoms with van der Waals surface area (Å²) < 4.78 is 5.99. The number of nitrogens with zero attached hydrogens (tertiary/aromatic N) is 3. The third kappa shape index (κ3) is 4.41. The van der Waals surface area contributed by atoms with Gasteiger partial charge in [0.25, 0.3) is 5.88 Å². The highest BCUT2D eigenvalue weighted by Crippen LogP contribution is 2.43. The van der Waals surface area contributed by atoms with E-state index >= 15 is 0 Å². The first-order valence-corrected chi connectivity index (χ1v) is 12.1. The summed E-state index contributed by atoms with van der Waals surface area (Å²) in [6.45, 7) is 14.1. The van der Waals surface area contributed by atoms with E-state index < -0.39 is 13.0 Å². The number of aromatic nitrogens is 1. The molecule has 1 aliphatic heterocycles. The molecule has 26 heavy (non-hydrogen) atoms. The van der Waals surface area contributed by atoms with Crippen LogP contribution in [0.4, 0.5) is 5.69 Å². The maximum absolute atomic E-state index is 11.9. The Balaban J connectivity index is 2.26. The molecule has 1 aromatic rings. The molecule has 8 heteroatoms. The van der Waals surface area contributed by atoms with Gasteiger partial charge in [0.05, 0.1) is 19.5 Å². The molecule has 0 radical (unpaired) electrons. The number of amides is 1. The highest BCUT2D eigenvalue weighted by Gasteiger charge is 2.44. The summed E-state index contributed by atoms with van der Waals surface area (Å²) in [7, 11) is -1.60. The van der Waals surface area contributed by atoms with E-state index in [1.165, 1.54) is 18.3 Å². The minimum absolute atomic E-state index is 0.00634. The molecule has 1 amide bonds. The Kier molecular flexibility index (Phi) is 5.75. The van der Waals surface area contributed by atoms with Gasteiger partial charge in [-0.1, -0.05) is 33.9 Å². The lowest BCUT2D eigenvalue weighted by Gasteiger charge is -2.39. The first-order valence-electron chi connectivity index (χ1n) is 8.94. The Morgan fingerprint density at radius 1 is 1.42 bits per heavy atom. The number of nitro groups is 1. The van der Waals surface area contributed by atoms with Gasteiger partial charge in [-0.3, -0.25) is 14.9 Å². The van der Waals surface area contributed by atoms with Gasteiger partial charge in [0, 0.05) is 31.6 Å². The Bertz CT molecular complexity index is 687. The van der Waals surface area contributed by atoms with Crippen LogP contribution in [-0.2, 0) is 4.79 Å². The van der Waals surface area contributed by atoms with Crippen molar-refractivity contribution in [2.45, 2.75) is 58.0 Å². The first-order chi connectivity index (χ1) is 11.9. The molecule has 2 unspecified atom stereocenters. The second-order valence-corrected chi connectivity index (χ2v) is 14.4. The first kappa shape index (κ1) is 20.4. The summed E-state index contributed by atoms with van der Waals surface area (Å²) in [4.78, 5) is 28.5. The van der Waals surface area contributed by atoms with Gasteiger partial charge in [0.15, 0.2) is 0 Å². The number of pyridine rings is 1. The lowest BCUT2D eigenvalue weighted by molar-refractivity contribution is -0.386. The lowest BCUT2D eigenvalue weighted by Crippen LogP contribution is -2.42. The molecule has 7 nitrogen and oxygen atoms in total. The van der Waals surface area contributed by atoms with Crippen LogP contribution in [0.3, 0.4) is 0 Å². The van der Waals surface area contributed by atoms with Gasteiger partial charge >= 0.3 is 5.69 Å². The molecule has 2 heterocycles. The Morgan fingerprint density at radius 2 is 2.08 bits per heavy atom. The molecule has 1 aromatic heterocycles. The van der Waals surface area contributed by atoms with Crippen LogP contribution in [0.2, 0.25) is 24.2 Å². The molecule has 0 N–H and O–H groups in total. The predicted molar refractivity (Wildman–Crippen MR) is 103 cm³/mol. The van der Waals surface area contributed by atoms with Crippen molar-refractivity contribution in [1.82, 2.24) is 9.88 Å². The van der Waals surface area contributed by atoms with E-state index in [-0.39, 0.29) is 34.5 Å². The van der Waals surface area contributed by atoms with E-state index in [0.717, 1.165) is 6.04 Å². The zero-order valence-corrected chi connectivity index (χ0v) is 17.5. The number of hydrogen-bond acceptors (Lipinski definition) is 5. The average Bonchev–Trinajstić information content (AvgIpc) is 2.89. The van der Waals surface area contributed by atoms with Crippen molar-refractivity contribution in [2.75, 3.05) is 13.1 Å². The van der Waals surface area contributed by atoms with Gasteiger partial charge in [0.2, 0.25) is 5.91 Å². The van der Waals surface area contributed by atoms with Crippen molar-refractivity contribution in [3.8, 4) is 5.88 Å². The third-order valence-electron chi connectivity index (χ3n) is 5.84. The topological polar surface area (TPSA) is 85.6 Å². The maximum Gasteiger partial charge on any atom is 0.330 e. The van der Waals surface area contributed by atoms with Crippen molar-refractivity contribution in [1.29, 1.82) is 0 Å². The Hall–Kier alpha value is -1.96. The van der Waals surface area contributed by atoms with Crippen molar-refractivity contribution >= 4 is 19.7 Å². The Morgan fingerprint density at radius 3 is 2.62 bits per heavy atom. The largest absolute Gasteiger partial charge is 0.467 e. The molecule has 0 spiro atoms. The van der Waals surface area contributed by atoms with Crippen LogP contribution in [0.1, 0.15) is 27.7 Å². The molecule has 2 rings (SSSR count). The summed E-state index contributed by atoms with van der Waals surface area (Å²) in [6, 6.07) is 3.91. The van der Waals surface area contributed by atoms with Gasteiger partial charge in [0.1, 0.15) is 6.10 Å². The van der Waals surface area contributed by atoms with E-state index in [2.05, 4.69) is 38.8 Å². The monoisotopic (exact) mass is 379 g/mol. The second-order valence-electron chi connectivity index (χ2n) is 8.76. The van der Waals surface area contributed by atoms with Crippen molar-refractivity contribution in [3.05, 3.63) is 28.4 Å². The second kappa shape index (κ2) is 7.34. The molecule has 0 bridgehead atoms. The van der Waals surface area contributed by atoms with Gasteiger partial charge < -0.3 is 9.64 Å². The van der Waals surface area contributed by atoms with E-state index in [0.29, 0.717) is 13.1 Å². The van der Waals surface area contributed by atoms with Crippen LogP contribution in [0.5, 0.6) is 5.88 Å². The zero-order valence-electron chi connectivity index (χ0n) is 16.5. The van der Waals surface area contributed by atoms with Crippen LogP contribution in [0.25, 0.3) is 0 Å². The fraction of sp³-hybridized carbons (Fsp3) is 0.667. The van der Waals surface area contributed by atoms with Crippen molar-refractivity contribution in [2.24, 2.45) is 5.92 Å². The van der Waals surface area contributed by atoms with Crippen LogP contribution in [-0.4, -0.2) is 48.0 Å². The summed E-state index contributed by atoms with van der Waals surface area (Å²) in [5, 5.41) is 11.5. The van der Waals surface area contributed by atoms with E-state index in [1.807, 2.05) is 0 Å². The SMILES string of the molecule is CC(=O)N1CC(C[Si](C)(C)C(C)(C)C)C(Oc2ncccc2[N+](=O)[O-])C1. The smallest absolute Gasteiger partial charge is 0.330 e. The number of hydrogen-bond donors (Lipinski definition) is 0. The van der Waals surface area contributed by atoms with Crippen LogP contribution >= 0.6 is 0 Å². The van der Waals surface area contributed by atoms with E-state index in [9.17, 15) is 14.9 Å². The predicted octanol–water partition coefficient (Wildman–Crippen LogP) is 3.72. The third-order valence-corrected chi connectivity index (χ3v) is 11.4. The molecule has 1 fully saturated rings. The molecule has 1 saturated heterocycles. The molecule has 2 atom stereocenters. The molecule has 0 aliphatic carbocycles. The number of carbonyl (C=O) groups is 1. The van der Waals surface area contributed by atoms with E-state index in [1.54, 1.807) is 11.8 Å². The van der Waals surface area contributed by atoms with E-state index in [4.69, 9.17) is 4.74 Å². The number of likely N-dealkylation sites (tertiary alicyclic amines) is 1. The summed E-state index contributed by atoms with van der Waals surface area (Å²) in [5.41, 5.74) is -0.139. The van der Waals surface area contributed by atoms with Crippen molar-refractivity contribution in [3.63, 3.8) is 0 Å². The van der Waals surface area contributed by atoms with Crippen LogP contribution < -0.4 is 4.74 Å². The highest BCUT2D eigenvalue weighted by molar-refractivity contribution is 6.80. The molecule has 1 aliphatic rings. The summed E-state index contributed by atoms with van der Waals surface area (Å²) in [5.74, 6) is 0.196. The number of ether oxygens (including phenoxy) is 1. The van der Waals surface area contributed by atoms with Crippen molar-refractivity contribution < 1.29 is 14.5 Å². The number of rotatable bonds is 5. The summed E-state index contributed by atoms with van der Waals surface area (Å²) >= 11 is 0. The van der Waals surface area contributed by atoms with Gasteiger partial charge in [-0.2, -0.15) is 0 Å². The molecular formula is C18H29N3O4Si. The van der Waals surface area contributed by atoms with Gasteiger partial charge in [-0.25, -0.2) is 4.98 Å². The quantitative estimate of drug-likeness (QED) is 0.442. The minimum Gasteiger partial charge on any atom is -0.467 e. The minimum atomic E-state index is -1.60. The van der Waals surface area contributed by atoms with Crippen LogP contribution in [0, 0.1) is 16.0 Å². The standard InChI is InChI=1S/C18H29N3O4Si/c1-13(22)20-10-14(12-26(5,6)18(2,3)4)16(11-20)25-17-15(21(23)24)8-7-9-19-17/h7-9,14,16H,10-12H2,1-6H3. The molecule has 0 saturated carbocycles. The lowest BCUT2D eigenvalue weighted by atomic mass is 10.1. The zero-order chi connectivity index (χ0) is 19.7. The fourth-order valence-corrected chi connectivity index (χ4v) is 5.46. The molecule has 144 valence electrons. The maximum atomic E-state index is 11.9. The van der Waals surface area contributed by atoms with Gasteiger partial charge in [-0.05, 0) is 17.1 Å². The molecular weight excluding hydrogens is 350 g/mol. The highest BCUT2D eigenvalue weighted by atomic mass is 28.3. The Labute approximate surface area is 155 Å². The summed E-state index contributed by atoms with van der Waals surface area (Å²) in [6.07, 6.45) is 1.21. The van der Waals surface area contributed by atoms with Crippen LogP contribution in [0.15, 0.2) is 18.3 Å². The number of carbonyl (C=O) groups excluding carboxylic acids is 1. The average molecular weight is 380 g/mol. The molecule has 0 aromatic carbocycles. The van der Waals surface area contributed by atoms with Gasteiger partial charge in [-0.15, -0.1) is 0 Å². The normalized spacial score (nSPS) is 20.9. The fourth-order valence-electron chi connectivity index (χ4n) is 3.15.